The molecule has 0 aliphatic carbocycles. The van der Waals surface area contributed by atoms with E-state index in [-0.39, 0.29) is 23.8 Å². The summed E-state index contributed by atoms with van der Waals surface area (Å²) in [4.78, 5) is 20.2. The number of nitrogens with zero attached hydrogens (tertiary/aromatic N) is 2. The lowest BCUT2D eigenvalue weighted by molar-refractivity contribution is -0.128. The first-order valence-corrected chi connectivity index (χ1v) is 9.60. The average Bonchev–Trinajstić information content (AvgIpc) is 3.19. The summed E-state index contributed by atoms with van der Waals surface area (Å²) in [5, 5.41) is 1.61. The van der Waals surface area contributed by atoms with Gasteiger partial charge in [-0.25, -0.2) is 4.39 Å². The number of thiocarbonyl (C=S) groups is 1. The van der Waals surface area contributed by atoms with Crippen LogP contribution in [0.2, 0.25) is 0 Å². The number of halogens is 1. The van der Waals surface area contributed by atoms with Crippen LogP contribution in [0.4, 0.5) is 4.39 Å². The van der Waals surface area contributed by atoms with Gasteiger partial charge in [-0.2, -0.15) is 0 Å². The van der Waals surface area contributed by atoms with E-state index in [2.05, 4.69) is 17.6 Å². The molecule has 0 spiro atoms. The van der Waals surface area contributed by atoms with Gasteiger partial charge in [0.15, 0.2) is 5.11 Å². The van der Waals surface area contributed by atoms with Crippen LogP contribution in [0.25, 0.3) is 10.9 Å². The van der Waals surface area contributed by atoms with E-state index in [0.29, 0.717) is 18.1 Å². The van der Waals surface area contributed by atoms with Crippen LogP contribution in [-0.4, -0.2) is 38.4 Å². The van der Waals surface area contributed by atoms with Gasteiger partial charge in [0.25, 0.3) is 5.91 Å². The summed E-state index contributed by atoms with van der Waals surface area (Å²) in [6.45, 7) is 4.13. The van der Waals surface area contributed by atoms with Crippen LogP contribution in [0, 0.1) is 5.82 Å². The number of aromatic nitrogens is 1. The Morgan fingerprint density at radius 2 is 1.96 bits per heavy atom. The number of nitrogens with one attached hydrogen (secondary N) is 1. The van der Waals surface area contributed by atoms with Crippen molar-refractivity contribution in [2.75, 3.05) is 6.54 Å². The molecule has 28 heavy (non-hydrogen) atoms. The van der Waals surface area contributed by atoms with E-state index in [1.54, 1.807) is 23.1 Å². The van der Waals surface area contributed by atoms with Gasteiger partial charge >= 0.3 is 0 Å². The molecule has 1 aromatic heterocycles. The van der Waals surface area contributed by atoms with Crippen molar-refractivity contribution in [3.05, 3.63) is 83.8 Å². The van der Waals surface area contributed by atoms with Gasteiger partial charge in [0.1, 0.15) is 11.9 Å². The van der Waals surface area contributed by atoms with Crippen molar-refractivity contribution in [1.82, 2.24) is 14.8 Å². The number of amides is 1. The average molecular weight is 391 g/mol. The molecule has 5 rings (SSSR count). The van der Waals surface area contributed by atoms with Gasteiger partial charge in [0, 0.05) is 29.6 Å². The fraction of sp³-hybridized carbons (Fsp3) is 0.182. The Hall–Kier alpha value is -2.99. The molecule has 1 fully saturated rings. The molecule has 1 unspecified atom stereocenters. The number of para-hydroxylation sites is 1. The number of benzene rings is 2. The maximum absolute atomic E-state index is 13.6. The van der Waals surface area contributed by atoms with E-state index in [0.717, 1.165) is 27.7 Å². The van der Waals surface area contributed by atoms with Crippen LogP contribution in [0.5, 0.6) is 0 Å². The highest BCUT2D eigenvalue weighted by Crippen LogP contribution is 2.43. The Kier molecular flexibility index (Phi) is 3.84. The summed E-state index contributed by atoms with van der Waals surface area (Å²) in [6.07, 6.45) is 2.27. The predicted octanol–water partition coefficient (Wildman–Crippen LogP) is 3.94. The minimum Gasteiger partial charge on any atom is -0.356 e. The molecule has 2 aromatic carbocycles. The first-order valence-electron chi connectivity index (χ1n) is 9.19. The third-order valence-corrected chi connectivity index (χ3v) is 6.06. The molecule has 140 valence electrons. The lowest BCUT2D eigenvalue weighted by Crippen LogP contribution is -2.44. The first kappa shape index (κ1) is 17.1. The van der Waals surface area contributed by atoms with Crippen LogP contribution in [-0.2, 0) is 11.2 Å². The lowest BCUT2D eigenvalue weighted by atomic mass is 9.89. The molecule has 4 nitrogen and oxygen atoms in total. The van der Waals surface area contributed by atoms with Gasteiger partial charge in [-0.1, -0.05) is 36.4 Å². The minimum atomic E-state index is -0.366. The van der Waals surface area contributed by atoms with Crippen molar-refractivity contribution in [3.63, 3.8) is 0 Å². The highest BCUT2D eigenvalue weighted by atomic mass is 32.1. The lowest BCUT2D eigenvalue weighted by Gasteiger charge is -2.37. The van der Waals surface area contributed by atoms with Gasteiger partial charge in [-0.05, 0) is 41.5 Å². The Bertz CT molecular complexity index is 1120. The molecule has 2 aliphatic rings. The van der Waals surface area contributed by atoms with Crippen LogP contribution < -0.4 is 0 Å². The molecule has 3 aromatic rings. The molecular weight excluding hydrogens is 373 g/mol. The Morgan fingerprint density at radius 3 is 2.71 bits per heavy atom. The smallest absolute Gasteiger partial charge is 0.252 e. The van der Waals surface area contributed by atoms with E-state index in [1.807, 2.05) is 23.1 Å². The molecule has 6 heteroatoms. The number of hydrogen-bond acceptors (Lipinski definition) is 2. The van der Waals surface area contributed by atoms with Crippen LogP contribution >= 0.6 is 12.2 Å². The molecule has 0 bridgehead atoms. The summed E-state index contributed by atoms with van der Waals surface area (Å²) < 4.78 is 13.6. The number of H-pyrrole nitrogens is 1. The van der Waals surface area contributed by atoms with Gasteiger partial charge in [0.05, 0.1) is 6.04 Å². The second-order valence-corrected chi connectivity index (χ2v) is 7.53. The number of hydrogen-bond donors (Lipinski definition) is 1. The van der Waals surface area contributed by atoms with Crippen molar-refractivity contribution in [1.29, 1.82) is 0 Å². The molecule has 1 amide bonds. The highest BCUT2D eigenvalue weighted by Gasteiger charge is 2.50. The number of fused-ring (bicyclic) bond motifs is 4. The van der Waals surface area contributed by atoms with Crippen LogP contribution in [0.15, 0.2) is 61.2 Å². The zero-order valence-corrected chi connectivity index (χ0v) is 15.9. The summed E-state index contributed by atoms with van der Waals surface area (Å²) in [7, 11) is 0. The first-order chi connectivity index (χ1) is 13.6. The Morgan fingerprint density at radius 1 is 1.21 bits per heavy atom. The fourth-order valence-corrected chi connectivity index (χ4v) is 4.82. The molecule has 3 heterocycles. The molecule has 0 radical (unpaired) electrons. The topological polar surface area (TPSA) is 39.3 Å². The van der Waals surface area contributed by atoms with Gasteiger partial charge in [0.2, 0.25) is 0 Å². The normalized spacial score (nSPS) is 21.2. The van der Waals surface area contributed by atoms with E-state index in [4.69, 9.17) is 12.2 Å². The third kappa shape index (κ3) is 2.34. The van der Waals surface area contributed by atoms with Gasteiger partial charge < -0.3 is 9.88 Å². The summed E-state index contributed by atoms with van der Waals surface area (Å²) in [6, 6.07) is 13.9. The van der Waals surface area contributed by atoms with Crippen molar-refractivity contribution in [2.24, 2.45) is 0 Å². The highest BCUT2D eigenvalue weighted by molar-refractivity contribution is 7.80. The van der Waals surface area contributed by atoms with Crippen LogP contribution in [0.3, 0.4) is 0 Å². The fourth-order valence-electron chi connectivity index (χ4n) is 4.42. The van der Waals surface area contributed by atoms with Crippen molar-refractivity contribution in [2.45, 2.75) is 18.5 Å². The largest absolute Gasteiger partial charge is 0.356 e. The minimum absolute atomic E-state index is 0.00653. The van der Waals surface area contributed by atoms with E-state index in [9.17, 15) is 9.18 Å². The molecular formula is C22H18FN3OS. The summed E-state index contributed by atoms with van der Waals surface area (Å²) >= 11 is 5.69. The predicted molar refractivity (Wildman–Crippen MR) is 110 cm³/mol. The van der Waals surface area contributed by atoms with Crippen molar-refractivity contribution < 1.29 is 9.18 Å². The van der Waals surface area contributed by atoms with E-state index < -0.39 is 0 Å². The molecule has 1 N–H and O–H groups in total. The zero-order valence-electron chi connectivity index (χ0n) is 15.1. The van der Waals surface area contributed by atoms with Gasteiger partial charge in [-0.3, -0.25) is 9.69 Å². The standard InChI is InChI=1S/C22H18FN3OS/c1-2-11-25-21(27)18-12-16-15-5-3-4-6-17(15)24-19(16)20(26(18)22(25)28)13-7-9-14(23)10-8-13/h2-10,18,20,24H,1,11-12H2/t18-,20?/m0/s1. The maximum atomic E-state index is 13.6. The molecule has 2 aliphatic heterocycles. The zero-order chi connectivity index (χ0) is 19.4. The molecule has 0 saturated carbocycles. The molecule has 2 atom stereocenters. The third-order valence-electron chi connectivity index (χ3n) is 5.63. The SMILES string of the molecule is C=CCN1C(=O)[C@@H]2Cc3c([nH]c4ccccc34)C(c3ccc(F)cc3)N2C1=S. The quantitative estimate of drug-likeness (QED) is 0.543. The summed E-state index contributed by atoms with van der Waals surface area (Å²) in [5.41, 5.74) is 4.07. The number of rotatable bonds is 3. The maximum Gasteiger partial charge on any atom is 0.252 e. The number of aromatic amines is 1. The van der Waals surface area contributed by atoms with E-state index in [1.165, 1.54) is 12.1 Å². The molecule has 1 saturated heterocycles. The second-order valence-electron chi connectivity index (χ2n) is 7.16. The Balaban J connectivity index is 1.73. The van der Waals surface area contributed by atoms with E-state index >= 15 is 0 Å². The number of carbonyl (C=O) groups is 1. The van der Waals surface area contributed by atoms with Crippen LogP contribution in [0.1, 0.15) is 22.9 Å². The second kappa shape index (κ2) is 6.27. The monoisotopic (exact) mass is 391 g/mol. The summed E-state index contributed by atoms with van der Waals surface area (Å²) in [5.74, 6) is -0.297. The van der Waals surface area contributed by atoms with Crippen molar-refractivity contribution in [3.8, 4) is 0 Å². The number of carbonyl (C=O) groups excluding carboxylic acids is 1. The Labute approximate surface area is 167 Å². The van der Waals surface area contributed by atoms with Crippen molar-refractivity contribution >= 4 is 34.1 Å². The van der Waals surface area contributed by atoms with Gasteiger partial charge in [-0.15, -0.1) is 6.58 Å².